The molecule has 0 radical (unpaired) electrons. The van der Waals surface area contributed by atoms with Gasteiger partial charge in [-0.15, -0.1) is 28.1 Å². The SMILES string of the molecule is C=CCn1c(CC23CC4CC(CC(C4)C2)C3)nnc1SCC(=O)Nc1sc(C(N)=O)c(C)c1C(=O)OC. The van der Waals surface area contributed by atoms with Gasteiger partial charge in [0.2, 0.25) is 5.91 Å². The number of hydrogen-bond acceptors (Lipinski definition) is 8. The Balaban J connectivity index is 1.28. The first kappa shape index (κ1) is 26.0. The molecule has 0 spiro atoms. The first-order valence-electron chi connectivity index (χ1n) is 12.7. The minimum atomic E-state index is -0.661. The third-order valence-electron chi connectivity index (χ3n) is 8.15. The molecule has 6 rings (SSSR count). The van der Waals surface area contributed by atoms with E-state index in [9.17, 15) is 14.4 Å². The number of ether oxygens (including phenoxy) is 1. The quantitative estimate of drug-likeness (QED) is 0.261. The number of carbonyl (C=O) groups is 3. The molecule has 0 aliphatic heterocycles. The van der Waals surface area contributed by atoms with E-state index in [0.29, 0.717) is 22.7 Å². The fourth-order valence-corrected chi connectivity index (χ4v) is 9.02. The number of nitrogens with two attached hydrogens (primary N) is 1. The normalized spacial score (nSPS) is 25.7. The lowest BCUT2D eigenvalue weighted by Crippen LogP contribution is -2.47. The summed E-state index contributed by atoms with van der Waals surface area (Å²) in [4.78, 5) is 37.1. The van der Waals surface area contributed by atoms with Crippen LogP contribution in [0.3, 0.4) is 0 Å². The molecule has 4 aliphatic rings. The molecule has 0 atom stereocenters. The Kier molecular flexibility index (Phi) is 7.19. The minimum Gasteiger partial charge on any atom is -0.465 e. The summed E-state index contributed by atoms with van der Waals surface area (Å²) in [5, 5.41) is 12.6. The van der Waals surface area contributed by atoms with Crippen molar-refractivity contribution in [2.75, 3.05) is 18.2 Å². The molecule has 2 aromatic heterocycles. The summed E-state index contributed by atoms with van der Waals surface area (Å²) < 4.78 is 6.91. The molecule has 11 heteroatoms. The zero-order valence-electron chi connectivity index (χ0n) is 21.2. The summed E-state index contributed by atoms with van der Waals surface area (Å²) in [5.74, 6) is 2.01. The van der Waals surface area contributed by atoms with Crippen LogP contribution in [-0.2, 0) is 22.5 Å². The first-order valence-corrected chi connectivity index (χ1v) is 14.5. The molecule has 198 valence electrons. The van der Waals surface area contributed by atoms with E-state index in [1.54, 1.807) is 6.92 Å². The second-order valence-corrected chi connectivity index (χ2v) is 12.8. The predicted octanol–water partition coefficient (Wildman–Crippen LogP) is 4.21. The Bertz CT molecular complexity index is 1210. The standard InChI is InChI=1S/C26H33N5O4S2/c1-4-5-31-18(12-26-9-15-6-16(10-26)8-17(7-15)11-26)29-30-25(31)36-13-19(32)28-23-20(24(34)35-3)14(2)21(37-23)22(27)33/h4,15-17H,1,5-13H2,2-3H3,(H2,27,33)(H,28,32). The maximum absolute atomic E-state index is 12.8. The van der Waals surface area contributed by atoms with Crippen molar-refractivity contribution >= 4 is 45.9 Å². The van der Waals surface area contributed by atoms with Crippen molar-refractivity contribution in [2.45, 2.75) is 63.6 Å². The average Bonchev–Trinajstić information content (AvgIpc) is 3.36. The van der Waals surface area contributed by atoms with E-state index < -0.39 is 11.9 Å². The van der Waals surface area contributed by atoms with Crippen LogP contribution in [0.25, 0.3) is 0 Å². The number of thiophene rings is 1. The monoisotopic (exact) mass is 543 g/mol. The molecule has 0 unspecified atom stereocenters. The van der Waals surface area contributed by atoms with Crippen molar-refractivity contribution in [3.05, 3.63) is 34.5 Å². The number of methoxy groups -OCH3 is 1. The number of carbonyl (C=O) groups excluding carboxylic acids is 3. The smallest absolute Gasteiger partial charge is 0.341 e. The van der Waals surface area contributed by atoms with Gasteiger partial charge in [0.05, 0.1) is 23.3 Å². The largest absolute Gasteiger partial charge is 0.465 e. The topological polar surface area (TPSA) is 129 Å². The highest BCUT2D eigenvalue weighted by Gasteiger charge is 2.51. The molecule has 2 heterocycles. The molecule has 0 saturated heterocycles. The van der Waals surface area contributed by atoms with Crippen molar-refractivity contribution in [1.29, 1.82) is 0 Å². The van der Waals surface area contributed by atoms with Gasteiger partial charge in [0.15, 0.2) is 5.16 Å². The fraction of sp³-hybridized carbons (Fsp3) is 0.577. The zero-order valence-corrected chi connectivity index (χ0v) is 22.9. The highest BCUT2D eigenvalue weighted by atomic mass is 32.2. The molecule has 4 saturated carbocycles. The number of esters is 1. The van der Waals surface area contributed by atoms with Crippen molar-refractivity contribution in [3.8, 4) is 0 Å². The molecule has 2 aromatic rings. The Morgan fingerprint density at radius 3 is 2.43 bits per heavy atom. The van der Waals surface area contributed by atoms with Crippen LogP contribution < -0.4 is 11.1 Å². The summed E-state index contributed by atoms with van der Waals surface area (Å²) in [5.41, 5.74) is 6.31. The van der Waals surface area contributed by atoms with Crippen LogP contribution in [0, 0.1) is 30.1 Å². The maximum atomic E-state index is 12.8. The van der Waals surface area contributed by atoms with Crippen molar-refractivity contribution in [2.24, 2.45) is 28.9 Å². The number of anilines is 1. The molecule has 2 amide bonds. The molecule has 4 fully saturated rings. The number of rotatable bonds is 10. The van der Waals surface area contributed by atoms with E-state index in [0.717, 1.165) is 41.3 Å². The summed E-state index contributed by atoms with van der Waals surface area (Å²) in [6.45, 7) is 6.10. The van der Waals surface area contributed by atoms with Crippen molar-refractivity contribution in [3.63, 3.8) is 0 Å². The highest BCUT2D eigenvalue weighted by Crippen LogP contribution is 2.61. The fourth-order valence-electron chi connectivity index (χ4n) is 7.19. The maximum Gasteiger partial charge on any atom is 0.341 e. The van der Waals surface area contributed by atoms with Crippen LogP contribution in [-0.4, -0.2) is 45.4 Å². The molecule has 0 aromatic carbocycles. The predicted molar refractivity (Wildman–Crippen MR) is 143 cm³/mol. The van der Waals surface area contributed by atoms with E-state index in [1.165, 1.54) is 57.4 Å². The van der Waals surface area contributed by atoms with Gasteiger partial charge in [-0.2, -0.15) is 0 Å². The third-order valence-corrected chi connectivity index (χ3v) is 10.3. The Morgan fingerprint density at radius 1 is 1.22 bits per heavy atom. The van der Waals surface area contributed by atoms with Crippen molar-refractivity contribution < 1.29 is 19.1 Å². The number of hydrogen-bond donors (Lipinski definition) is 2. The van der Waals surface area contributed by atoms with E-state index >= 15 is 0 Å². The molecular weight excluding hydrogens is 510 g/mol. The third kappa shape index (κ3) is 5.07. The van der Waals surface area contributed by atoms with Crippen LogP contribution in [0.15, 0.2) is 17.8 Å². The first-order chi connectivity index (χ1) is 17.7. The summed E-state index contributed by atoms with van der Waals surface area (Å²) >= 11 is 2.26. The zero-order chi connectivity index (χ0) is 26.3. The Morgan fingerprint density at radius 2 is 1.86 bits per heavy atom. The number of amides is 2. The second kappa shape index (κ2) is 10.2. The molecule has 4 aliphatic carbocycles. The van der Waals surface area contributed by atoms with Gasteiger partial charge in [0.1, 0.15) is 10.8 Å². The van der Waals surface area contributed by atoms with Gasteiger partial charge < -0.3 is 20.4 Å². The molecule has 37 heavy (non-hydrogen) atoms. The number of primary amides is 1. The van der Waals surface area contributed by atoms with Gasteiger partial charge in [-0.3, -0.25) is 9.59 Å². The van der Waals surface area contributed by atoms with Gasteiger partial charge in [0, 0.05) is 13.0 Å². The number of nitrogens with zero attached hydrogens (tertiary/aromatic N) is 3. The van der Waals surface area contributed by atoms with Crippen LogP contribution >= 0.6 is 23.1 Å². The second-order valence-electron chi connectivity index (χ2n) is 10.8. The molecule has 4 bridgehead atoms. The molecular formula is C26H33N5O4S2. The molecule has 9 nitrogen and oxygen atoms in total. The number of thioether (sulfide) groups is 1. The van der Waals surface area contributed by atoms with E-state index in [4.69, 9.17) is 10.5 Å². The number of nitrogens with one attached hydrogen (secondary N) is 1. The Labute approximate surface area is 224 Å². The van der Waals surface area contributed by atoms with Crippen LogP contribution in [0.5, 0.6) is 0 Å². The highest BCUT2D eigenvalue weighted by molar-refractivity contribution is 7.99. The van der Waals surface area contributed by atoms with Gasteiger partial charge in [-0.25, -0.2) is 4.79 Å². The van der Waals surface area contributed by atoms with Crippen LogP contribution in [0.4, 0.5) is 5.00 Å². The lowest BCUT2D eigenvalue weighted by atomic mass is 9.49. The van der Waals surface area contributed by atoms with Gasteiger partial charge >= 0.3 is 5.97 Å². The summed E-state index contributed by atoms with van der Waals surface area (Å²) in [6, 6.07) is 0. The van der Waals surface area contributed by atoms with Gasteiger partial charge in [-0.1, -0.05) is 17.8 Å². The lowest BCUT2D eigenvalue weighted by molar-refractivity contribution is -0.113. The van der Waals surface area contributed by atoms with Gasteiger partial charge in [-0.05, 0) is 74.2 Å². The van der Waals surface area contributed by atoms with E-state index in [-0.39, 0.29) is 27.1 Å². The van der Waals surface area contributed by atoms with Gasteiger partial charge in [0.25, 0.3) is 5.91 Å². The Hall–Kier alpha value is -2.66. The lowest BCUT2D eigenvalue weighted by Gasteiger charge is -2.56. The van der Waals surface area contributed by atoms with Crippen molar-refractivity contribution in [1.82, 2.24) is 14.8 Å². The number of allylic oxidation sites excluding steroid dienone is 1. The van der Waals surface area contributed by atoms with Crippen LogP contribution in [0.1, 0.15) is 69.9 Å². The van der Waals surface area contributed by atoms with E-state index in [2.05, 4.69) is 26.7 Å². The van der Waals surface area contributed by atoms with Crippen LogP contribution in [0.2, 0.25) is 0 Å². The summed E-state index contributed by atoms with van der Waals surface area (Å²) in [7, 11) is 1.25. The van der Waals surface area contributed by atoms with E-state index in [1.807, 2.05) is 6.08 Å². The summed E-state index contributed by atoms with van der Waals surface area (Å²) in [6.07, 6.45) is 10.8. The minimum absolute atomic E-state index is 0.0656. The number of aromatic nitrogens is 3. The average molecular weight is 544 g/mol. The molecule has 3 N–H and O–H groups in total.